The molecule has 0 spiro atoms. The summed E-state index contributed by atoms with van der Waals surface area (Å²) in [5.74, 6) is -2.64. The van der Waals surface area contributed by atoms with Crippen molar-refractivity contribution in [1.82, 2.24) is 9.97 Å². The Morgan fingerprint density at radius 2 is 1.96 bits per heavy atom. The van der Waals surface area contributed by atoms with Gasteiger partial charge in [-0.1, -0.05) is 6.58 Å². The molecule has 0 atom stereocenters. The van der Waals surface area contributed by atoms with Crippen LogP contribution < -0.4 is 10.1 Å². The zero-order chi connectivity index (χ0) is 17.7. The van der Waals surface area contributed by atoms with Crippen molar-refractivity contribution in [2.75, 3.05) is 5.32 Å². The van der Waals surface area contributed by atoms with Gasteiger partial charge in [0.25, 0.3) is 0 Å². The smallest absolute Gasteiger partial charge is 0.451 e. The summed E-state index contributed by atoms with van der Waals surface area (Å²) < 4.78 is 56.0. The third-order valence-electron chi connectivity index (χ3n) is 2.74. The van der Waals surface area contributed by atoms with Crippen LogP contribution in [0.1, 0.15) is 11.4 Å². The Morgan fingerprint density at radius 3 is 2.50 bits per heavy atom. The Kier molecular flexibility index (Phi) is 5.12. The number of hydrogen-bond donors (Lipinski definition) is 1. The van der Waals surface area contributed by atoms with Gasteiger partial charge >= 0.3 is 6.18 Å². The van der Waals surface area contributed by atoms with E-state index in [1.165, 1.54) is 12.1 Å². The van der Waals surface area contributed by atoms with Crippen LogP contribution in [0.2, 0.25) is 0 Å². The van der Waals surface area contributed by atoms with Crippen LogP contribution in [0.5, 0.6) is 5.75 Å². The number of rotatable bonds is 5. The van der Waals surface area contributed by atoms with Crippen molar-refractivity contribution in [3.05, 3.63) is 60.5 Å². The Morgan fingerprint density at radius 1 is 1.29 bits per heavy atom. The van der Waals surface area contributed by atoms with E-state index < -0.39 is 23.7 Å². The third kappa shape index (κ3) is 4.51. The predicted molar refractivity (Wildman–Crippen MR) is 76.6 cm³/mol. The van der Waals surface area contributed by atoms with E-state index in [4.69, 9.17) is 4.74 Å². The molecule has 0 unspecified atom stereocenters. The molecule has 0 fully saturated rings. The highest BCUT2D eigenvalue weighted by Gasteiger charge is 2.34. The van der Waals surface area contributed by atoms with Gasteiger partial charge in [-0.3, -0.25) is 4.79 Å². The number of aromatic nitrogens is 2. The fraction of sp³-hybridized carbons (Fsp3) is 0.133. The van der Waals surface area contributed by atoms with Crippen LogP contribution in [-0.2, 0) is 17.6 Å². The Bertz CT molecular complexity index is 745. The molecule has 1 heterocycles. The number of ether oxygens (including phenoxy) is 1. The molecule has 0 bridgehead atoms. The Balaban J connectivity index is 2.01. The summed E-state index contributed by atoms with van der Waals surface area (Å²) in [5.41, 5.74) is 0.453. The summed E-state index contributed by atoms with van der Waals surface area (Å²) >= 11 is 0. The molecular formula is C15H11F4N3O2. The molecule has 1 aromatic heterocycles. The molecule has 5 nitrogen and oxygen atoms in total. The number of benzene rings is 1. The van der Waals surface area contributed by atoms with Gasteiger partial charge in [-0.2, -0.15) is 13.2 Å². The number of nitrogens with one attached hydrogen (secondary N) is 1. The number of halogens is 4. The molecular weight excluding hydrogens is 330 g/mol. The highest BCUT2D eigenvalue weighted by Crippen LogP contribution is 2.26. The number of amides is 1. The van der Waals surface area contributed by atoms with Crippen molar-refractivity contribution in [1.29, 1.82) is 0 Å². The first-order valence-corrected chi connectivity index (χ1v) is 6.53. The fourth-order valence-corrected chi connectivity index (χ4v) is 1.63. The highest BCUT2D eigenvalue weighted by molar-refractivity contribution is 5.98. The summed E-state index contributed by atoms with van der Waals surface area (Å²) in [7, 11) is 0. The second-order valence-corrected chi connectivity index (χ2v) is 4.54. The van der Waals surface area contributed by atoms with Crippen molar-refractivity contribution in [2.45, 2.75) is 12.8 Å². The van der Waals surface area contributed by atoms with Gasteiger partial charge in [0.15, 0.2) is 11.6 Å². The molecule has 126 valence electrons. The predicted octanol–water partition coefficient (Wildman–Crippen LogP) is 3.34. The number of alkyl halides is 3. The quantitative estimate of drug-likeness (QED) is 0.669. The average molecular weight is 341 g/mol. The molecule has 0 aliphatic heterocycles. The van der Waals surface area contributed by atoms with Gasteiger partial charge < -0.3 is 10.1 Å². The summed E-state index contributed by atoms with van der Waals surface area (Å²) in [6.45, 7) is 3.05. The molecule has 1 N–H and O–H groups in total. The van der Waals surface area contributed by atoms with Crippen molar-refractivity contribution < 1.29 is 27.1 Å². The van der Waals surface area contributed by atoms with Crippen LogP contribution in [0.3, 0.4) is 0 Å². The van der Waals surface area contributed by atoms with Crippen molar-refractivity contribution in [3.63, 3.8) is 0 Å². The van der Waals surface area contributed by atoms with Gasteiger partial charge in [-0.25, -0.2) is 14.4 Å². The van der Waals surface area contributed by atoms with E-state index in [9.17, 15) is 22.4 Å². The molecule has 1 aromatic carbocycles. The maximum absolute atomic E-state index is 13.8. The van der Waals surface area contributed by atoms with Gasteiger partial charge in [0.05, 0.1) is 0 Å². The zero-order valence-electron chi connectivity index (χ0n) is 12.1. The Labute approximate surface area is 134 Å². The van der Waals surface area contributed by atoms with Gasteiger partial charge in [0.1, 0.15) is 6.61 Å². The second-order valence-electron chi connectivity index (χ2n) is 4.54. The lowest BCUT2D eigenvalue weighted by atomic mass is 10.3. The normalized spacial score (nSPS) is 11.0. The van der Waals surface area contributed by atoms with Gasteiger partial charge in [-0.05, 0) is 18.2 Å². The number of carbonyl (C=O) groups is 1. The highest BCUT2D eigenvalue weighted by atomic mass is 19.4. The molecule has 0 saturated heterocycles. The second kappa shape index (κ2) is 7.07. The van der Waals surface area contributed by atoms with Crippen molar-refractivity contribution >= 4 is 11.6 Å². The molecule has 1 amide bonds. The molecule has 24 heavy (non-hydrogen) atoms. The van der Waals surface area contributed by atoms with E-state index in [-0.39, 0.29) is 23.6 Å². The zero-order valence-corrected chi connectivity index (χ0v) is 12.1. The van der Waals surface area contributed by atoms with Gasteiger partial charge in [0.2, 0.25) is 11.7 Å². The molecule has 9 heteroatoms. The van der Waals surface area contributed by atoms with Crippen LogP contribution in [0, 0.1) is 5.82 Å². The molecule has 0 aliphatic rings. The summed E-state index contributed by atoms with van der Waals surface area (Å²) in [6, 6.07) is 3.72. The first kappa shape index (κ1) is 17.4. The van der Waals surface area contributed by atoms with Crippen LogP contribution in [-0.4, -0.2) is 15.9 Å². The SMILES string of the molecule is C=CC(=O)Nc1ccc(OCc2cnc(C(F)(F)F)nc2)c(F)c1. The molecule has 0 saturated carbocycles. The minimum atomic E-state index is -4.63. The van der Waals surface area contributed by atoms with E-state index in [0.717, 1.165) is 24.5 Å². The Hall–Kier alpha value is -2.97. The van der Waals surface area contributed by atoms with Crippen LogP contribution in [0.15, 0.2) is 43.2 Å². The number of carbonyl (C=O) groups excluding carboxylic acids is 1. The lowest BCUT2D eigenvalue weighted by Crippen LogP contribution is -2.11. The molecule has 0 aliphatic carbocycles. The molecule has 2 rings (SSSR count). The van der Waals surface area contributed by atoms with E-state index in [0.29, 0.717) is 0 Å². The largest absolute Gasteiger partial charge is 0.486 e. The standard InChI is InChI=1S/C15H11F4N3O2/c1-2-13(23)22-10-3-4-12(11(16)5-10)24-8-9-6-20-14(21-7-9)15(17,18)19/h2-7H,1,8H2,(H,22,23). The van der Waals surface area contributed by atoms with E-state index in [1.807, 2.05) is 0 Å². The maximum Gasteiger partial charge on any atom is 0.451 e. The summed E-state index contributed by atoms with van der Waals surface area (Å²) in [5, 5.41) is 2.37. The van der Waals surface area contributed by atoms with E-state index in [2.05, 4.69) is 21.9 Å². The van der Waals surface area contributed by atoms with E-state index >= 15 is 0 Å². The maximum atomic E-state index is 13.8. The fourth-order valence-electron chi connectivity index (χ4n) is 1.63. The topological polar surface area (TPSA) is 64.1 Å². The van der Waals surface area contributed by atoms with Crippen LogP contribution in [0.4, 0.5) is 23.2 Å². The van der Waals surface area contributed by atoms with Gasteiger partial charge in [-0.15, -0.1) is 0 Å². The minimum Gasteiger partial charge on any atom is -0.486 e. The summed E-state index contributed by atoms with van der Waals surface area (Å²) in [4.78, 5) is 17.5. The monoisotopic (exact) mass is 341 g/mol. The number of hydrogen-bond acceptors (Lipinski definition) is 4. The number of nitrogens with zero attached hydrogens (tertiary/aromatic N) is 2. The third-order valence-corrected chi connectivity index (χ3v) is 2.74. The first-order chi connectivity index (χ1) is 11.3. The minimum absolute atomic E-state index is 0.133. The first-order valence-electron chi connectivity index (χ1n) is 6.53. The number of anilines is 1. The van der Waals surface area contributed by atoms with Crippen LogP contribution in [0.25, 0.3) is 0 Å². The lowest BCUT2D eigenvalue weighted by molar-refractivity contribution is -0.145. The lowest BCUT2D eigenvalue weighted by Gasteiger charge is -2.09. The summed E-state index contributed by atoms with van der Waals surface area (Å²) in [6.07, 6.45) is -1.69. The van der Waals surface area contributed by atoms with Crippen molar-refractivity contribution in [2.24, 2.45) is 0 Å². The van der Waals surface area contributed by atoms with E-state index in [1.54, 1.807) is 0 Å². The van der Waals surface area contributed by atoms with Gasteiger partial charge in [0, 0.05) is 29.7 Å². The molecule has 2 aromatic rings. The van der Waals surface area contributed by atoms with Crippen molar-refractivity contribution in [3.8, 4) is 5.75 Å². The van der Waals surface area contributed by atoms with Crippen LogP contribution >= 0.6 is 0 Å². The molecule has 0 radical (unpaired) electrons. The average Bonchev–Trinajstić information content (AvgIpc) is 2.53.